The lowest BCUT2D eigenvalue weighted by Crippen LogP contribution is -2.49. The number of aliphatic hydroxyl groups excluding tert-OH is 1. The van der Waals surface area contributed by atoms with Crippen LogP contribution in [0.5, 0.6) is 0 Å². The van der Waals surface area contributed by atoms with E-state index >= 15 is 0 Å². The first-order valence-corrected chi connectivity index (χ1v) is 12.9. The smallest absolute Gasteiger partial charge is 0.312 e. The van der Waals surface area contributed by atoms with Crippen molar-refractivity contribution in [2.45, 2.75) is 102 Å². The number of fused-ring (bicyclic) bond motifs is 1. The number of unbranched alkanes of at least 4 members (excludes halogenated alkanes) is 10. The number of rotatable bonds is 18. The Labute approximate surface area is 213 Å². The van der Waals surface area contributed by atoms with Gasteiger partial charge >= 0.3 is 12.0 Å². The van der Waals surface area contributed by atoms with Crippen LogP contribution >= 0.6 is 0 Å². The zero-order valence-electron chi connectivity index (χ0n) is 21.5. The van der Waals surface area contributed by atoms with Crippen LogP contribution in [0.15, 0.2) is 6.33 Å². The average molecular weight is 506 g/mol. The minimum absolute atomic E-state index is 0.106. The van der Waals surface area contributed by atoms with Crippen molar-refractivity contribution in [2.75, 3.05) is 19.5 Å². The lowest BCUT2D eigenvalue weighted by Gasteiger charge is -2.31. The summed E-state index contributed by atoms with van der Waals surface area (Å²) >= 11 is 0. The number of methoxy groups -OCH3 is 1. The number of imidazole rings is 1. The quantitative estimate of drug-likeness (QED) is 0.134. The summed E-state index contributed by atoms with van der Waals surface area (Å²) in [6.45, 7) is 1.76. The second-order valence-electron chi connectivity index (χ2n) is 9.15. The highest BCUT2D eigenvalue weighted by atomic mass is 19.1. The average Bonchev–Trinajstić information content (AvgIpc) is 3.26. The fraction of sp³-hybridized carbons (Fsp3) is 0.692. The van der Waals surface area contributed by atoms with E-state index in [9.17, 15) is 14.3 Å². The van der Waals surface area contributed by atoms with Crippen molar-refractivity contribution in [3.8, 4) is 12.3 Å². The molecule has 1 unspecified atom stereocenters. The van der Waals surface area contributed by atoms with Crippen LogP contribution in [-0.4, -0.2) is 56.0 Å². The number of carbonyl (C=O) groups is 1. The number of hydrogen-bond acceptors (Lipinski definition) is 8. The molecule has 2 atom stereocenters. The summed E-state index contributed by atoms with van der Waals surface area (Å²) in [5.41, 5.74) is 4.39. The van der Waals surface area contributed by atoms with Gasteiger partial charge in [-0.1, -0.05) is 77.1 Å². The third-order valence-corrected chi connectivity index (χ3v) is 6.41. The summed E-state index contributed by atoms with van der Waals surface area (Å²) in [7, 11) is 1.33. The van der Waals surface area contributed by atoms with Gasteiger partial charge in [-0.2, -0.15) is 14.4 Å². The van der Waals surface area contributed by atoms with Crippen LogP contribution < -0.4 is 5.73 Å². The minimum Gasteiger partial charge on any atom is -0.461 e. The number of aromatic nitrogens is 4. The summed E-state index contributed by atoms with van der Waals surface area (Å²) in [5, 5.41) is 10.8. The fourth-order valence-corrected chi connectivity index (χ4v) is 4.09. The summed E-state index contributed by atoms with van der Waals surface area (Å²) < 4.78 is 25.7. The predicted molar refractivity (Wildman–Crippen MR) is 136 cm³/mol. The van der Waals surface area contributed by atoms with Crippen LogP contribution in [0.4, 0.5) is 10.2 Å². The highest BCUT2D eigenvalue weighted by molar-refractivity contribution is 5.81. The molecule has 0 amide bonds. The Bertz CT molecular complexity index is 993. The van der Waals surface area contributed by atoms with Crippen LogP contribution in [-0.2, 0) is 20.8 Å². The van der Waals surface area contributed by atoms with Crippen LogP contribution in [0.2, 0.25) is 0 Å². The van der Waals surface area contributed by atoms with E-state index in [0.717, 1.165) is 19.3 Å². The molecule has 0 fully saturated rings. The molecule has 0 aliphatic rings. The number of nitrogen functional groups attached to an aromatic ring is 1. The standard InChI is InChI=1S/C26H40FN5O4/c1-4-6-7-8-9-10-11-12-13-14-15-16-21(34)36-18-26(5-2,35-3)20(33)17-32-19-29-22-23(28)30-25(27)31-24(22)32/h2,19-20,33H,4,6-18H2,1,3H3,(H2,28,30,31)/t20-,26?/m0/s1. The van der Waals surface area contributed by atoms with Gasteiger partial charge in [0.05, 0.1) is 12.9 Å². The van der Waals surface area contributed by atoms with Gasteiger partial charge in [-0.05, 0) is 6.42 Å². The first kappa shape index (κ1) is 29.5. The maximum atomic E-state index is 13.6. The minimum atomic E-state index is -1.60. The molecule has 9 nitrogen and oxygen atoms in total. The van der Waals surface area contributed by atoms with Crippen molar-refractivity contribution in [2.24, 2.45) is 0 Å². The molecule has 3 N–H and O–H groups in total. The van der Waals surface area contributed by atoms with E-state index in [2.05, 4.69) is 27.8 Å². The maximum Gasteiger partial charge on any atom is 0.312 e. The summed E-state index contributed by atoms with van der Waals surface area (Å²) in [4.78, 5) is 23.4. The second kappa shape index (κ2) is 15.4. The molecule has 2 heterocycles. The third-order valence-electron chi connectivity index (χ3n) is 6.41. The lowest BCUT2D eigenvalue weighted by atomic mass is 9.98. The number of nitrogens with two attached hydrogens (primary N) is 1. The van der Waals surface area contributed by atoms with Gasteiger partial charge in [-0.3, -0.25) is 4.79 Å². The molecule has 2 aromatic heterocycles. The Morgan fingerprint density at radius 1 is 1.17 bits per heavy atom. The van der Waals surface area contributed by atoms with Crippen molar-refractivity contribution in [3.05, 3.63) is 12.4 Å². The lowest BCUT2D eigenvalue weighted by molar-refractivity contribution is -0.157. The number of esters is 1. The van der Waals surface area contributed by atoms with Crippen molar-refractivity contribution in [1.82, 2.24) is 19.5 Å². The van der Waals surface area contributed by atoms with Crippen molar-refractivity contribution in [1.29, 1.82) is 0 Å². The Morgan fingerprint density at radius 2 is 1.78 bits per heavy atom. The largest absolute Gasteiger partial charge is 0.461 e. The van der Waals surface area contributed by atoms with E-state index in [1.807, 2.05) is 0 Å². The van der Waals surface area contributed by atoms with E-state index in [1.54, 1.807) is 0 Å². The SMILES string of the molecule is C#CC(COC(=O)CCCCCCCCCCCCC)(OC)[C@@H](O)Cn1cnc2c(N)nc(F)nc21. The van der Waals surface area contributed by atoms with E-state index in [-0.39, 0.29) is 36.6 Å². The van der Waals surface area contributed by atoms with Crippen LogP contribution in [0, 0.1) is 18.4 Å². The van der Waals surface area contributed by atoms with Gasteiger partial charge in [-0.25, -0.2) is 4.98 Å². The van der Waals surface area contributed by atoms with Gasteiger partial charge in [0.2, 0.25) is 0 Å². The Balaban J connectivity index is 1.75. The molecule has 0 radical (unpaired) electrons. The van der Waals surface area contributed by atoms with Crippen LogP contribution in [0.3, 0.4) is 0 Å². The van der Waals surface area contributed by atoms with Crippen LogP contribution in [0.1, 0.15) is 84.0 Å². The van der Waals surface area contributed by atoms with E-state index in [1.165, 1.54) is 69.4 Å². The van der Waals surface area contributed by atoms with Crippen molar-refractivity contribution in [3.63, 3.8) is 0 Å². The molecule has 2 aromatic rings. The molecular weight excluding hydrogens is 465 g/mol. The molecule has 0 aliphatic carbocycles. The topological polar surface area (TPSA) is 125 Å². The van der Waals surface area contributed by atoms with Crippen molar-refractivity contribution >= 4 is 23.0 Å². The van der Waals surface area contributed by atoms with Gasteiger partial charge in [0, 0.05) is 13.5 Å². The van der Waals surface area contributed by atoms with E-state index in [0.29, 0.717) is 0 Å². The zero-order chi connectivity index (χ0) is 26.4. The van der Waals surface area contributed by atoms with E-state index < -0.39 is 23.8 Å². The Morgan fingerprint density at radius 3 is 2.36 bits per heavy atom. The zero-order valence-corrected chi connectivity index (χ0v) is 21.5. The molecule has 0 aliphatic heterocycles. The monoisotopic (exact) mass is 505 g/mol. The Kier molecular flexibility index (Phi) is 12.6. The number of ether oxygens (including phenoxy) is 2. The summed E-state index contributed by atoms with van der Waals surface area (Å²) in [5.74, 6) is 1.89. The number of carbonyl (C=O) groups excluding carboxylic acids is 1. The number of nitrogens with zero attached hydrogens (tertiary/aromatic N) is 4. The number of anilines is 1. The van der Waals surface area contributed by atoms with Gasteiger partial charge in [0.15, 0.2) is 17.1 Å². The van der Waals surface area contributed by atoms with Gasteiger partial charge in [0.1, 0.15) is 18.2 Å². The fourth-order valence-electron chi connectivity index (χ4n) is 4.09. The highest BCUT2D eigenvalue weighted by Crippen LogP contribution is 2.22. The first-order chi connectivity index (χ1) is 17.4. The molecule has 0 aromatic carbocycles. The third kappa shape index (κ3) is 8.71. The molecule has 0 spiro atoms. The maximum absolute atomic E-state index is 13.6. The number of hydrogen-bond donors (Lipinski definition) is 2. The Hall–Kier alpha value is -2.77. The summed E-state index contributed by atoms with van der Waals surface area (Å²) in [6, 6.07) is 0. The molecular formula is C26H40FN5O4. The molecule has 10 heteroatoms. The van der Waals surface area contributed by atoms with Gasteiger partial charge in [-0.15, -0.1) is 6.42 Å². The predicted octanol–water partition coefficient (Wildman–Crippen LogP) is 4.17. The number of aliphatic hydroxyl groups is 1. The molecule has 0 saturated carbocycles. The molecule has 0 saturated heterocycles. The molecule has 200 valence electrons. The van der Waals surface area contributed by atoms with E-state index in [4.69, 9.17) is 21.6 Å². The normalized spacial score (nSPS) is 13.9. The second-order valence-corrected chi connectivity index (χ2v) is 9.15. The molecule has 0 bridgehead atoms. The number of terminal acetylenes is 1. The van der Waals surface area contributed by atoms with Gasteiger partial charge < -0.3 is 24.9 Å². The molecule has 2 rings (SSSR count). The van der Waals surface area contributed by atoms with Crippen LogP contribution in [0.25, 0.3) is 11.2 Å². The molecule has 36 heavy (non-hydrogen) atoms. The summed E-state index contributed by atoms with van der Waals surface area (Å²) in [6.07, 6.45) is 18.0. The highest BCUT2D eigenvalue weighted by Gasteiger charge is 2.38. The van der Waals surface area contributed by atoms with Crippen molar-refractivity contribution < 1.29 is 23.8 Å². The number of halogens is 1. The first-order valence-electron chi connectivity index (χ1n) is 12.9. The van der Waals surface area contributed by atoms with Gasteiger partial charge in [0.25, 0.3) is 0 Å².